The van der Waals surface area contributed by atoms with Gasteiger partial charge in [-0.25, -0.2) is 22.2 Å². The first-order valence-corrected chi connectivity index (χ1v) is 14.6. The van der Waals surface area contributed by atoms with Crippen LogP contribution in [0.25, 0.3) is 10.2 Å². The number of aryl methyl sites for hydroxylation is 1. The number of carbonyl (C=O) groups is 1. The Kier molecular flexibility index (Phi) is 7.61. The van der Waals surface area contributed by atoms with Crippen LogP contribution >= 0.6 is 11.3 Å². The van der Waals surface area contributed by atoms with Crippen LogP contribution in [0.1, 0.15) is 24.1 Å². The summed E-state index contributed by atoms with van der Waals surface area (Å²) in [6.45, 7) is 2.15. The first-order chi connectivity index (χ1) is 18.7. The third kappa shape index (κ3) is 5.36. The lowest BCUT2D eigenvalue weighted by atomic mass is 9.96. The maximum Gasteiger partial charge on any atom is 0.246 e. The molecule has 3 heterocycles. The smallest absolute Gasteiger partial charge is 0.246 e. The molecule has 0 unspecified atom stereocenters. The molecule has 0 spiro atoms. The third-order valence-corrected chi connectivity index (χ3v) is 9.90. The van der Waals surface area contributed by atoms with Crippen LogP contribution in [0.15, 0.2) is 59.6 Å². The summed E-state index contributed by atoms with van der Waals surface area (Å²) in [5.74, 6) is -1.95. The number of ether oxygens (including phenoxy) is 1. The predicted molar refractivity (Wildman–Crippen MR) is 144 cm³/mol. The van der Waals surface area contributed by atoms with Gasteiger partial charge in [-0.15, -0.1) is 0 Å². The van der Waals surface area contributed by atoms with E-state index in [1.807, 2.05) is 31.2 Å². The molecule has 1 fully saturated rings. The van der Waals surface area contributed by atoms with Crippen molar-refractivity contribution >= 4 is 42.6 Å². The highest BCUT2D eigenvalue weighted by molar-refractivity contribution is 7.89. The van der Waals surface area contributed by atoms with Gasteiger partial charge in [-0.1, -0.05) is 23.5 Å². The van der Waals surface area contributed by atoms with E-state index in [4.69, 9.17) is 9.72 Å². The van der Waals surface area contributed by atoms with Crippen molar-refractivity contribution < 1.29 is 26.7 Å². The zero-order valence-electron chi connectivity index (χ0n) is 21.3. The molecule has 0 radical (unpaired) electrons. The Labute approximate surface area is 228 Å². The summed E-state index contributed by atoms with van der Waals surface area (Å²) < 4.78 is 61.4. The number of pyridine rings is 1. The maximum atomic E-state index is 14.2. The van der Waals surface area contributed by atoms with Gasteiger partial charge >= 0.3 is 0 Å². The van der Waals surface area contributed by atoms with E-state index in [2.05, 4.69) is 4.98 Å². The molecule has 1 aliphatic heterocycles. The molecule has 1 saturated heterocycles. The van der Waals surface area contributed by atoms with E-state index in [0.717, 1.165) is 26.7 Å². The number of hydrogen-bond acceptors (Lipinski definition) is 7. The Morgan fingerprint density at radius 2 is 1.92 bits per heavy atom. The monoisotopic (exact) mass is 572 g/mol. The number of piperidine rings is 1. The topological polar surface area (TPSA) is 92.7 Å². The third-order valence-electron chi connectivity index (χ3n) is 6.77. The number of anilines is 1. The van der Waals surface area contributed by atoms with Crippen molar-refractivity contribution in [1.29, 1.82) is 0 Å². The van der Waals surface area contributed by atoms with Gasteiger partial charge in [-0.3, -0.25) is 14.7 Å². The fourth-order valence-corrected chi connectivity index (χ4v) is 7.25. The lowest BCUT2D eigenvalue weighted by Crippen LogP contribution is -2.44. The summed E-state index contributed by atoms with van der Waals surface area (Å²) >= 11 is 1.38. The highest BCUT2D eigenvalue weighted by Crippen LogP contribution is 2.38. The first kappa shape index (κ1) is 27.1. The lowest BCUT2D eigenvalue weighted by molar-refractivity contribution is -0.123. The van der Waals surface area contributed by atoms with Gasteiger partial charge in [0.2, 0.25) is 15.9 Å². The number of hydrogen-bond donors (Lipinski definition) is 0. The lowest BCUT2D eigenvalue weighted by Gasteiger charge is -2.33. The van der Waals surface area contributed by atoms with Crippen LogP contribution in [0.5, 0.6) is 5.75 Å². The Morgan fingerprint density at radius 3 is 2.62 bits per heavy atom. The van der Waals surface area contributed by atoms with Crippen molar-refractivity contribution in [2.75, 3.05) is 25.1 Å². The number of aromatic nitrogens is 2. The van der Waals surface area contributed by atoms with E-state index < -0.39 is 32.5 Å². The molecule has 4 aromatic rings. The van der Waals surface area contributed by atoms with Crippen LogP contribution in [0.4, 0.5) is 13.9 Å². The van der Waals surface area contributed by atoms with Gasteiger partial charge in [0.15, 0.2) is 5.13 Å². The Morgan fingerprint density at radius 1 is 1.15 bits per heavy atom. The maximum absolute atomic E-state index is 14.2. The summed E-state index contributed by atoms with van der Waals surface area (Å²) in [5.41, 5.74) is 2.34. The van der Waals surface area contributed by atoms with E-state index in [1.165, 1.54) is 11.3 Å². The van der Waals surface area contributed by atoms with Crippen LogP contribution < -0.4 is 9.64 Å². The van der Waals surface area contributed by atoms with Crippen molar-refractivity contribution in [3.05, 3.63) is 77.6 Å². The Balaban J connectivity index is 1.41. The number of thiazole rings is 1. The van der Waals surface area contributed by atoms with Crippen LogP contribution in [0.3, 0.4) is 0 Å². The molecular weight excluding hydrogens is 546 g/mol. The zero-order chi connectivity index (χ0) is 27.7. The number of carbonyl (C=O) groups excluding carboxylic acids is 1. The molecule has 0 aliphatic carbocycles. The van der Waals surface area contributed by atoms with Crippen LogP contribution in [0, 0.1) is 24.5 Å². The molecule has 1 amide bonds. The zero-order valence-corrected chi connectivity index (χ0v) is 22.9. The minimum absolute atomic E-state index is 0.00110. The molecular formula is C27H26F2N4O4S2. The molecule has 12 heteroatoms. The van der Waals surface area contributed by atoms with Gasteiger partial charge in [-0.2, -0.15) is 4.31 Å². The molecule has 5 rings (SSSR count). The van der Waals surface area contributed by atoms with E-state index in [9.17, 15) is 22.0 Å². The molecule has 204 valence electrons. The largest absolute Gasteiger partial charge is 0.494 e. The number of amides is 1. The van der Waals surface area contributed by atoms with Crippen molar-refractivity contribution in [1.82, 2.24) is 14.3 Å². The summed E-state index contributed by atoms with van der Waals surface area (Å²) in [4.78, 5) is 23.9. The van der Waals surface area contributed by atoms with Gasteiger partial charge in [0.1, 0.15) is 27.8 Å². The molecule has 1 aliphatic rings. The average Bonchev–Trinajstić information content (AvgIpc) is 3.40. The highest BCUT2D eigenvalue weighted by atomic mass is 32.2. The summed E-state index contributed by atoms with van der Waals surface area (Å²) in [7, 11) is -2.69. The van der Waals surface area contributed by atoms with Crippen molar-refractivity contribution in [2.24, 2.45) is 5.92 Å². The van der Waals surface area contributed by atoms with Crippen molar-refractivity contribution in [3.8, 4) is 5.75 Å². The van der Waals surface area contributed by atoms with Crippen LogP contribution in [-0.4, -0.2) is 48.8 Å². The second-order valence-electron chi connectivity index (χ2n) is 9.26. The van der Waals surface area contributed by atoms with Crippen LogP contribution in [0.2, 0.25) is 0 Å². The van der Waals surface area contributed by atoms with Gasteiger partial charge in [0, 0.05) is 25.2 Å². The van der Waals surface area contributed by atoms with E-state index in [1.54, 1.807) is 24.3 Å². The number of methoxy groups -OCH3 is 1. The average molecular weight is 573 g/mol. The fraction of sp³-hybridized carbons (Fsp3) is 0.296. The number of fused-ring (bicyclic) bond motifs is 1. The number of rotatable bonds is 7. The second kappa shape index (κ2) is 10.9. The molecule has 0 saturated carbocycles. The summed E-state index contributed by atoms with van der Waals surface area (Å²) in [6.07, 6.45) is 2.10. The normalized spacial score (nSPS) is 15.0. The van der Waals surface area contributed by atoms with Gasteiger partial charge < -0.3 is 4.74 Å². The van der Waals surface area contributed by atoms with Gasteiger partial charge in [-0.05, 0) is 61.7 Å². The minimum Gasteiger partial charge on any atom is -0.494 e. The highest BCUT2D eigenvalue weighted by Gasteiger charge is 2.36. The fourth-order valence-electron chi connectivity index (χ4n) is 4.65. The molecule has 0 atom stereocenters. The van der Waals surface area contributed by atoms with Gasteiger partial charge in [0.25, 0.3) is 0 Å². The Hall–Kier alpha value is -3.48. The Bertz CT molecular complexity index is 1620. The number of sulfonamides is 1. The molecule has 0 N–H and O–H groups in total. The van der Waals surface area contributed by atoms with E-state index in [-0.39, 0.29) is 38.4 Å². The second-order valence-corrected chi connectivity index (χ2v) is 12.1. The molecule has 0 bridgehead atoms. The number of halogens is 2. The van der Waals surface area contributed by atoms with Crippen molar-refractivity contribution in [2.45, 2.75) is 31.2 Å². The van der Waals surface area contributed by atoms with Gasteiger partial charge in [0.05, 0.1) is 24.0 Å². The van der Waals surface area contributed by atoms with E-state index in [0.29, 0.717) is 28.2 Å². The number of nitrogens with zero attached hydrogens (tertiary/aromatic N) is 4. The standard InChI is InChI=1S/C27H26F2N4O4S2/c1-17-6-9-22(37-2)24-25(17)38-27(31-24)33(16-20-5-3-4-12-30-20)26(34)18-10-13-32(14-11-18)39(35,36)23-15-19(28)7-8-21(23)29/h3-9,12,15,18H,10-11,13-14,16H2,1-2H3. The molecule has 8 nitrogen and oxygen atoms in total. The van der Waals surface area contributed by atoms with E-state index >= 15 is 0 Å². The predicted octanol–water partition coefficient (Wildman–Crippen LogP) is 4.92. The van der Waals surface area contributed by atoms with Crippen molar-refractivity contribution in [3.63, 3.8) is 0 Å². The molecule has 39 heavy (non-hydrogen) atoms. The SMILES string of the molecule is COc1ccc(C)c2sc(N(Cc3ccccn3)C(=O)C3CCN(S(=O)(=O)c4cc(F)ccc4F)CC3)nc12. The number of benzene rings is 2. The van der Waals surface area contributed by atoms with Crippen LogP contribution in [-0.2, 0) is 21.4 Å². The molecule has 2 aromatic heterocycles. The minimum atomic E-state index is -4.26. The first-order valence-electron chi connectivity index (χ1n) is 12.3. The quantitative estimate of drug-likeness (QED) is 0.312. The molecule has 2 aromatic carbocycles. The summed E-state index contributed by atoms with van der Waals surface area (Å²) in [5, 5.41) is 0.491. The summed E-state index contributed by atoms with van der Waals surface area (Å²) in [6, 6.07) is 11.6.